The summed E-state index contributed by atoms with van der Waals surface area (Å²) in [4.78, 5) is 12.6. The third-order valence-electron chi connectivity index (χ3n) is 5.35. The number of ether oxygens (including phenoxy) is 1. The SMILES string of the molecule is CCC(NC(=O)C1CC12CCNCC2)c1ccc(OC)cc1. The summed E-state index contributed by atoms with van der Waals surface area (Å²) in [6, 6.07) is 8.09. The molecular weight excluding hydrogens is 276 g/mol. The van der Waals surface area contributed by atoms with Crippen molar-refractivity contribution in [2.75, 3.05) is 20.2 Å². The molecule has 0 radical (unpaired) electrons. The molecule has 1 aliphatic carbocycles. The van der Waals surface area contributed by atoms with E-state index in [9.17, 15) is 4.79 Å². The molecule has 1 amide bonds. The van der Waals surface area contributed by atoms with Gasteiger partial charge in [-0.25, -0.2) is 0 Å². The van der Waals surface area contributed by atoms with Crippen LogP contribution in [0, 0.1) is 11.3 Å². The summed E-state index contributed by atoms with van der Waals surface area (Å²) in [5.74, 6) is 1.31. The van der Waals surface area contributed by atoms with Crippen molar-refractivity contribution >= 4 is 5.91 Å². The Hall–Kier alpha value is -1.55. The Labute approximate surface area is 132 Å². The van der Waals surface area contributed by atoms with Gasteiger partial charge in [0, 0.05) is 5.92 Å². The van der Waals surface area contributed by atoms with Gasteiger partial charge in [0.15, 0.2) is 0 Å². The first-order valence-corrected chi connectivity index (χ1v) is 8.33. The quantitative estimate of drug-likeness (QED) is 0.879. The van der Waals surface area contributed by atoms with E-state index in [1.54, 1.807) is 7.11 Å². The van der Waals surface area contributed by atoms with E-state index in [2.05, 4.69) is 17.6 Å². The summed E-state index contributed by atoms with van der Waals surface area (Å²) in [5.41, 5.74) is 1.45. The van der Waals surface area contributed by atoms with E-state index in [4.69, 9.17) is 4.74 Å². The standard InChI is InChI=1S/C18H26N2O2/c1-3-16(13-4-6-14(22-2)7-5-13)20-17(21)15-12-18(15)8-10-19-11-9-18/h4-7,15-16,19H,3,8-12H2,1-2H3,(H,20,21). The molecule has 2 unspecified atom stereocenters. The summed E-state index contributed by atoms with van der Waals surface area (Å²) in [5, 5.41) is 6.64. The number of amides is 1. The lowest BCUT2D eigenvalue weighted by molar-refractivity contribution is -0.124. The molecule has 4 heteroatoms. The highest BCUT2D eigenvalue weighted by Crippen LogP contribution is 2.58. The molecule has 120 valence electrons. The lowest BCUT2D eigenvalue weighted by Crippen LogP contribution is -2.35. The van der Waals surface area contributed by atoms with Gasteiger partial charge in [0.1, 0.15) is 5.75 Å². The van der Waals surface area contributed by atoms with Crippen molar-refractivity contribution in [1.29, 1.82) is 0 Å². The fourth-order valence-corrected chi connectivity index (χ4v) is 3.73. The van der Waals surface area contributed by atoms with Gasteiger partial charge >= 0.3 is 0 Å². The first-order valence-electron chi connectivity index (χ1n) is 8.33. The Morgan fingerprint density at radius 1 is 1.36 bits per heavy atom. The summed E-state index contributed by atoms with van der Waals surface area (Å²) >= 11 is 0. The number of nitrogens with one attached hydrogen (secondary N) is 2. The minimum atomic E-state index is 0.0952. The lowest BCUT2D eigenvalue weighted by Gasteiger charge is -2.24. The molecule has 3 rings (SSSR count). The Kier molecular flexibility index (Phi) is 4.39. The van der Waals surface area contributed by atoms with Gasteiger partial charge in [0.2, 0.25) is 5.91 Å². The fourth-order valence-electron chi connectivity index (χ4n) is 3.73. The summed E-state index contributed by atoms with van der Waals surface area (Å²) < 4.78 is 5.19. The number of rotatable bonds is 5. The van der Waals surface area contributed by atoms with Crippen LogP contribution in [0.25, 0.3) is 0 Å². The van der Waals surface area contributed by atoms with Crippen LogP contribution in [-0.2, 0) is 4.79 Å². The van der Waals surface area contributed by atoms with Gasteiger partial charge < -0.3 is 15.4 Å². The van der Waals surface area contributed by atoms with Gasteiger partial charge in [-0.3, -0.25) is 4.79 Å². The minimum Gasteiger partial charge on any atom is -0.497 e. The van der Waals surface area contributed by atoms with E-state index in [1.165, 1.54) is 0 Å². The van der Waals surface area contributed by atoms with Gasteiger partial charge in [-0.05, 0) is 61.9 Å². The van der Waals surface area contributed by atoms with Crippen molar-refractivity contribution in [3.63, 3.8) is 0 Å². The average molecular weight is 302 g/mol. The number of carbonyl (C=O) groups excluding carboxylic acids is 1. The first-order chi connectivity index (χ1) is 10.7. The van der Waals surface area contributed by atoms with E-state index in [1.807, 2.05) is 24.3 Å². The Morgan fingerprint density at radius 2 is 2.05 bits per heavy atom. The highest BCUT2D eigenvalue weighted by molar-refractivity contribution is 5.83. The van der Waals surface area contributed by atoms with Crippen molar-refractivity contribution in [3.05, 3.63) is 29.8 Å². The van der Waals surface area contributed by atoms with E-state index in [0.29, 0.717) is 5.41 Å². The van der Waals surface area contributed by atoms with Crippen LogP contribution in [-0.4, -0.2) is 26.1 Å². The average Bonchev–Trinajstić information content (AvgIpc) is 3.26. The molecule has 1 saturated carbocycles. The van der Waals surface area contributed by atoms with Crippen LogP contribution in [0.1, 0.15) is 44.2 Å². The Bertz CT molecular complexity index is 520. The maximum Gasteiger partial charge on any atom is 0.224 e. The predicted octanol–water partition coefficient (Wildman–Crippen LogP) is 2.65. The highest BCUT2D eigenvalue weighted by Gasteiger charge is 2.57. The third kappa shape index (κ3) is 2.98. The fraction of sp³-hybridized carbons (Fsp3) is 0.611. The Balaban J connectivity index is 1.61. The molecule has 1 spiro atoms. The molecule has 22 heavy (non-hydrogen) atoms. The van der Waals surface area contributed by atoms with E-state index in [0.717, 1.165) is 50.1 Å². The normalized spacial score (nSPS) is 23.8. The number of hydrogen-bond acceptors (Lipinski definition) is 3. The molecule has 2 aliphatic rings. The molecule has 0 bridgehead atoms. The summed E-state index contributed by atoms with van der Waals surface area (Å²) in [6.45, 7) is 4.22. The van der Waals surface area contributed by atoms with Gasteiger partial charge in [0.05, 0.1) is 13.2 Å². The summed E-state index contributed by atoms with van der Waals surface area (Å²) in [6.07, 6.45) is 4.26. The topological polar surface area (TPSA) is 50.4 Å². The van der Waals surface area contributed by atoms with Crippen molar-refractivity contribution < 1.29 is 9.53 Å². The molecule has 0 aromatic heterocycles. The van der Waals surface area contributed by atoms with Crippen molar-refractivity contribution in [2.24, 2.45) is 11.3 Å². The lowest BCUT2D eigenvalue weighted by atomic mass is 9.91. The largest absolute Gasteiger partial charge is 0.497 e. The number of hydrogen-bond donors (Lipinski definition) is 2. The minimum absolute atomic E-state index is 0.0952. The van der Waals surface area contributed by atoms with E-state index < -0.39 is 0 Å². The predicted molar refractivity (Wildman–Crippen MR) is 86.8 cm³/mol. The van der Waals surface area contributed by atoms with Gasteiger partial charge in [-0.1, -0.05) is 19.1 Å². The third-order valence-corrected chi connectivity index (χ3v) is 5.35. The van der Waals surface area contributed by atoms with Crippen molar-refractivity contribution in [1.82, 2.24) is 10.6 Å². The van der Waals surface area contributed by atoms with E-state index in [-0.39, 0.29) is 17.9 Å². The molecule has 1 saturated heterocycles. The molecule has 2 N–H and O–H groups in total. The monoisotopic (exact) mass is 302 g/mol. The second-order valence-electron chi connectivity index (χ2n) is 6.61. The number of methoxy groups -OCH3 is 1. The van der Waals surface area contributed by atoms with Gasteiger partial charge in [-0.15, -0.1) is 0 Å². The smallest absolute Gasteiger partial charge is 0.224 e. The highest BCUT2D eigenvalue weighted by atomic mass is 16.5. The molecule has 1 aromatic rings. The van der Waals surface area contributed by atoms with Crippen molar-refractivity contribution in [3.8, 4) is 5.75 Å². The molecular formula is C18H26N2O2. The Morgan fingerprint density at radius 3 is 2.64 bits per heavy atom. The van der Waals surface area contributed by atoms with Gasteiger partial charge in [0.25, 0.3) is 0 Å². The van der Waals surface area contributed by atoms with Crippen LogP contribution < -0.4 is 15.4 Å². The maximum atomic E-state index is 12.6. The molecule has 2 fully saturated rings. The molecule has 1 aliphatic heterocycles. The maximum absolute atomic E-state index is 12.6. The van der Waals surface area contributed by atoms with Crippen molar-refractivity contribution in [2.45, 2.75) is 38.6 Å². The van der Waals surface area contributed by atoms with Crippen LogP contribution in [0.2, 0.25) is 0 Å². The molecule has 4 nitrogen and oxygen atoms in total. The van der Waals surface area contributed by atoms with Crippen LogP contribution in [0.4, 0.5) is 0 Å². The van der Waals surface area contributed by atoms with E-state index >= 15 is 0 Å². The van der Waals surface area contributed by atoms with Crippen LogP contribution in [0.15, 0.2) is 24.3 Å². The zero-order valence-corrected chi connectivity index (χ0v) is 13.5. The number of benzene rings is 1. The van der Waals surface area contributed by atoms with Crippen LogP contribution in [0.5, 0.6) is 5.75 Å². The second kappa shape index (κ2) is 6.29. The second-order valence-corrected chi connectivity index (χ2v) is 6.61. The van der Waals surface area contributed by atoms with Crippen LogP contribution in [0.3, 0.4) is 0 Å². The summed E-state index contributed by atoms with van der Waals surface area (Å²) in [7, 11) is 1.67. The first kappa shape index (κ1) is 15.3. The van der Waals surface area contributed by atoms with Gasteiger partial charge in [-0.2, -0.15) is 0 Å². The molecule has 1 aromatic carbocycles. The number of carbonyl (C=O) groups is 1. The molecule has 1 heterocycles. The van der Waals surface area contributed by atoms with Crippen LogP contribution >= 0.6 is 0 Å². The zero-order chi connectivity index (χ0) is 15.6. The zero-order valence-electron chi connectivity index (χ0n) is 13.5. The number of piperidine rings is 1. The molecule has 2 atom stereocenters.